The van der Waals surface area contributed by atoms with Gasteiger partial charge in [-0.2, -0.15) is 5.10 Å². The SMILES string of the molecule is C/C(=N\NC(=O)c1cccnc1)c1ccc(NC(=O)C2CCCCC2)cc1. The topological polar surface area (TPSA) is 83.4 Å². The monoisotopic (exact) mass is 364 g/mol. The molecule has 2 aromatic rings. The number of aromatic nitrogens is 1. The Morgan fingerprint density at radius 2 is 1.78 bits per heavy atom. The van der Waals surface area contributed by atoms with Crippen LogP contribution in [0.4, 0.5) is 5.69 Å². The number of carbonyl (C=O) groups excluding carboxylic acids is 2. The minimum atomic E-state index is -0.307. The van der Waals surface area contributed by atoms with Crippen LogP contribution in [0.5, 0.6) is 0 Å². The second-order valence-electron chi connectivity index (χ2n) is 6.78. The van der Waals surface area contributed by atoms with E-state index in [4.69, 9.17) is 0 Å². The number of nitrogens with zero attached hydrogens (tertiary/aromatic N) is 2. The lowest BCUT2D eigenvalue weighted by atomic mass is 9.88. The van der Waals surface area contributed by atoms with Gasteiger partial charge < -0.3 is 5.32 Å². The fourth-order valence-electron chi connectivity index (χ4n) is 3.16. The van der Waals surface area contributed by atoms with E-state index in [1.54, 1.807) is 18.3 Å². The predicted octanol–water partition coefficient (Wildman–Crippen LogP) is 3.75. The molecule has 1 aliphatic carbocycles. The van der Waals surface area contributed by atoms with Crippen molar-refractivity contribution in [1.29, 1.82) is 0 Å². The van der Waals surface area contributed by atoms with Crippen LogP contribution in [0.3, 0.4) is 0 Å². The van der Waals surface area contributed by atoms with E-state index in [9.17, 15) is 9.59 Å². The molecule has 0 spiro atoms. The third kappa shape index (κ3) is 5.23. The molecule has 0 bridgehead atoms. The van der Waals surface area contributed by atoms with E-state index >= 15 is 0 Å². The standard InChI is InChI=1S/C21H24N4O2/c1-15(24-25-21(27)18-8-5-13-22-14-18)16-9-11-19(12-10-16)23-20(26)17-6-3-2-4-7-17/h5,8-14,17H,2-4,6-7H2,1H3,(H,23,26)(H,25,27)/b24-15+. The maximum atomic E-state index is 12.3. The highest BCUT2D eigenvalue weighted by molar-refractivity contribution is 6.01. The number of benzene rings is 1. The molecule has 1 heterocycles. The summed E-state index contributed by atoms with van der Waals surface area (Å²) in [6.45, 7) is 1.82. The third-order valence-corrected chi connectivity index (χ3v) is 4.80. The Balaban J connectivity index is 1.57. The molecule has 1 fully saturated rings. The van der Waals surface area contributed by atoms with Gasteiger partial charge in [-0.15, -0.1) is 0 Å². The van der Waals surface area contributed by atoms with Crippen LogP contribution >= 0.6 is 0 Å². The summed E-state index contributed by atoms with van der Waals surface area (Å²) in [5.74, 6) is -0.0696. The average Bonchev–Trinajstić information content (AvgIpc) is 2.73. The van der Waals surface area contributed by atoms with Crippen LogP contribution in [0.15, 0.2) is 53.9 Å². The average molecular weight is 364 g/mol. The van der Waals surface area contributed by atoms with Crippen LogP contribution in [-0.4, -0.2) is 22.5 Å². The number of amides is 2. The molecule has 2 N–H and O–H groups in total. The fourth-order valence-corrected chi connectivity index (χ4v) is 3.16. The highest BCUT2D eigenvalue weighted by atomic mass is 16.2. The minimum absolute atomic E-state index is 0.108. The summed E-state index contributed by atoms with van der Waals surface area (Å²) >= 11 is 0. The second-order valence-corrected chi connectivity index (χ2v) is 6.78. The van der Waals surface area contributed by atoms with Crippen molar-refractivity contribution in [3.8, 4) is 0 Å². The van der Waals surface area contributed by atoms with Crippen molar-refractivity contribution >= 4 is 23.2 Å². The Hall–Kier alpha value is -3.02. The summed E-state index contributed by atoms with van der Waals surface area (Å²) < 4.78 is 0. The first-order valence-electron chi connectivity index (χ1n) is 9.29. The Kier molecular flexibility index (Phi) is 6.30. The van der Waals surface area contributed by atoms with Crippen LogP contribution in [0.1, 0.15) is 54.9 Å². The first-order valence-corrected chi connectivity index (χ1v) is 9.29. The van der Waals surface area contributed by atoms with Crippen LogP contribution in [-0.2, 0) is 4.79 Å². The van der Waals surface area contributed by atoms with Gasteiger partial charge in [-0.3, -0.25) is 14.6 Å². The first kappa shape index (κ1) is 18.8. The smallest absolute Gasteiger partial charge is 0.272 e. The fraction of sp³-hybridized carbons (Fsp3) is 0.333. The van der Waals surface area contributed by atoms with E-state index in [0.29, 0.717) is 11.3 Å². The predicted molar refractivity (Wildman–Crippen MR) is 106 cm³/mol. The van der Waals surface area contributed by atoms with Crippen molar-refractivity contribution < 1.29 is 9.59 Å². The molecule has 6 nitrogen and oxygen atoms in total. The van der Waals surface area contributed by atoms with Gasteiger partial charge in [0.05, 0.1) is 11.3 Å². The Labute approximate surface area is 159 Å². The van der Waals surface area contributed by atoms with Crippen molar-refractivity contribution in [1.82, 2.24) is 10.4 Å². The van der Waals surface area contributed by atoms with E-state index in [1.165, 1.54) is 12.6 Å². The van der Waals surface area contributed by atoms with E-state index in [2.05, 4.69) is 20.8 Å². The quantitative estimate of drug-likeness (QED) is 0.626. The molecule has 1 aliphatic rings. The summed E-state index contributed by atoms with van der Waals surface area (Å²) in [6.07, 6.45) is 8.56. The molecule has 27 heavy (non-hydrogen) atoms. The molecule has 6 heteroatoms. The number of anilines is 1. The number of nitrogens with one attached hydrogen (secondary N) is 2. The van der Waals surface area contributed by atoms with Gasteiger partial charge in [0.1, 0.15) is 0 Å². The molecular formula is C21H24N4O2. The molecule has 1 aromatic carbocycles. The van der Waals surface area contributed by atoms with Crippen molar-refractivity contribution in [2.45, 2.75) is 39.0 Å². The van der Waals surface area contributed by atoms with Gasteiger partial charge in [-0.1, -0.05) is 31.4 Å². The minimum Gasteiger partial charge on any atom is -0.326 e. The largest absolute Gasteiger partial charge is 0.326 e. The molecule has 140 valence electrons. The zero-order valence-electron chi connectivity index (χ0n) is 15.4. The number of hydrogen-bond donors (Lipinski definition) is 2. The maximum absolute atomic E-state index is 12.3. The molecule has 3 rings (SSSR count). The van der Waals surface area contributed by atoms with E-state index in [1.807, 2.05) is 31.2 Å². The summed E-state index contributed by atoms with van der Waals surface area (Å²) in [5, 5.41) is 7.13. The van der Waals surface area contributed by atoms with Crippen LogP contribution in [0.25, 0.3) is 0 Å². The highest BCUT2D eigenvalue weighted by Gasteiger charge is 2.20. The van der Waals surface area contributed by atoms with Crippen LogP contribution in [0.2, 0.25) is 0 Å². The van der Waals surface area contributed by atoms with Gasteiger partial charge in [0.25, 0.3) is 5.91 Å². The van der Waals surface area contributed by atoms with Crippen molar-refractivity contribution in [3.05, 3.63) is 59.9 Å². The normalized spacial score (nSPS) is 15.2. The first-order chi connectivity index (χ1) is 13.1. The van der Waals surface area contributed by atoms with E-state index in [-0.39, 0.29) is 17.7 Å². The highest BCUT2D eigenvalue weighted by Crippen LogP contribution is 2.25. The summed E-state index contributed by atoms with van der Waals surface area (Å²) in [4.78, 5) is 28.2. The van der Waals surface area contributed by atoms with Crippen molar-refractivity contribution in [3.63, 3.8) is 0 Å². The molecular weight excluding hydrogens is 340 g/mol. The number of hydrazone groups is 1. The van der Waals surface area contributed by atoms with Gasteiger partial charge >= 0.3 is 0 Å². The lowest BCUT2D eigenvalue weighted by Gasteiger charge is -2.20. The Morgan fingerprint density at radius 1 is 1.04 bits per heavy atom. The van der Waals surface area contributed by atoms with E-state index < -0.39 is 0 Å². The summed E-state index contributed by atoms with van der Waals surface area (Å²) in [7, 11) is 0. The molecule has 0 radical (unpaired) electrons. The molecule has 0 atom stereocenters. The van der Waals surface area contributed by atoms with Gasteiger partial charge in [-0.05, 0) is 49.6 Å². The van der Waals surface area contributed by atoms with Crippen molar-refractivity contribution in [2.75, 3.05) is 5.32 Å². The second kappa shape index (κ2) is 9.07. The molecule has 0 aliphatic heterocycles. The molecule has 0 saturated heterocycles. The van der Waals surface area contributed by atoms with Gasteiger partial charge in [0.15, 0.2) is 0 Å². The molecule has 0 unspecified atom stereocenters. The van der Waals surface area contributed by atoms with E-state index in [0.717, 1.165) is 36.9 Å². The lowest BCUT2D eigenvalue weighted by molar-refractivity contribution is -0.120. The number of carbonyl (C=O) groups is 2. The van der Waals surface area contributed by atoms with Crippen molar-refractivity contribution in [2.24, 2.45) is 11.0 Å². The lowest BCUT2D eigenvalue weighted by Crippen LogP contribution is -2.24. The summed E-state index contributed by atoms with van der Waals surface area (Å²) in [5.41, 5.74) is 5.31. The van der Waals surface area contributed by atoms with Crippen LogP contribution < -0.4 is 10.7 Å². The maximum Gasteiger partial charge on any atom is 0.272 e. The Bertz CT molecular complexity index is 810. The third-order valence-electron chi connectivity index (χ3n) is 4.80. The zero-order chi connectivity index (χ0) is 19.1. The zero-order valence-corrected chi connectivity index (χ0v) is 15.4. The number of rotatable bonds is 5. The number of pyridine rings is 1. The van der Waals surface area contributed by atoms with Gasteiger partial charge in [0.2, 0.25) is 5.91 Å². The van der Waals surface area contributed by atoms with Gasteiger partial charge in [0, 0.05) is 24.0 Å². The van der Waals surface area contributed by atoms with Gasteiger partial charge in [-0.25, -0.2) is 5.43 Å². The molecule has 2 amide bonds. The Morgan fingerprint density at radius 3 is 2.44 bits per heavy atom. The number of hydrogen-bond acceptors (Lipinski definition) is 4. The summed E-state index contributed by atoms with van der Waals surface area (Å²) in [6, 6.07) is 10.9. The molecule has 1 aromatic heterocycles. The molecule has 1 saturated carbocycles. The van der Waals surface area contributed by atoms with Crippen LogP contribution in [0, 0.1) is 5.92 Å².